The molecule has 3 amide bonds. The van der Waals surface area contributed by atoms with E-state index in [2.05, 4.69) is 27.0 Å². The van der Waals surface area contributed by atoms with E-state index >= 15 is 0 Å². The van der Waals surface area contributed by atoms with Gasteiger partial charge in [0.25, 0.3) is 0 Å². The van der Waals surface area contributed by atoms with Crippen molar-refractivity contribution in [1.29, 1.82) is 0 Å². The largest absolute Gasteiger partial charge is 0.400 e. The normalized spacial score (nSPS) is 13.3. The van der Waals surface area contributed by atoms with E-state index in [4.69, 9.17) is 10.4 Å². The van der Waals surface area contributed by atoms with Gasteiger partial charge in [-0.2, -0.15) is 0 Å². The summed E-state index contributed by atoms with van der Waals surface area (Å²) in [6.07, 6.45) is 3.79. The van der Waals surface area contributed by atoms with Gasteiger partial charge in [0, 0.05) is 55.0 Å². The van der Waals surface area contributed by atoms with Crippen molar-refractivity contribution in [3.8, 4) is 11.8 Å². The number of benzene rings is 2. The zero-order valence-corrected chi connectivity index (χ0v) is 26.6. The lowest BCUT2D eigenvalue weighted by molar-refractivity contribution is -0.125. The second kappa shape index (κ2) is 18.8. The van der Waals surface area contributed by atoms with Crippen LogP contribution >= 0.6 is 29.3 Å². The number of nitrogens with two attached hydrogens (primary N) is 1. The van der Waals surface area contributed by atoms with Crippen LogP contribution in [-0.2, 0) is 30.0 Å². The molecule has 0 aromatic heterocycles. The van der Waals surface area contributed by atoms with E-state index in [1.165, 1.54) is 0 Å². The summed E-state index contributed by atoms with van der Waals surface area (Å²) in [5.74, 6) is 7.45. The molecule has 5 N–H and O–H groups in total. The summed E-state index contributed by atoms with van der Waals surface area (Å²) in [6, 6.07) is 15.4. The Morgan fingerprint density at radius 1 is 0.860 bits per heavy atom. The minimum Gasteiger partial charge on any atom is -0.356 e. The fraction of sp³-hybridized carbons (Fsp3) is 0.433. The highest BCUT2D eigenvalue weighted by atomic mass is 33.1. The number of amides is 3. The Labute approximate surface area is 261 Å². The first kappa shape index (κ1) is 34.7. The Balaban J connectivity index is 1.24. The lowest BCUT2D eigenvalue weighted by Crippen LogP contribution is -2.33. The summed E-state index contributed by atoms with van der Waals surface area (Å²) in [4.78, 5) is 48.2. The number of nitrogens with zero attached hydrogens (tertiary/aromatic N) is 1. The summed E-state index contributed by atoms with van der Waals surface area (Å²) in [6.45, 7) is 1.62. The number of rotatable bonds is 18. The standard InChI is InChI=1S/C30H39N4O6PS2/c31-41(38,39)40-20-8-2-1-7-18-32-29(36)17-21-42-43-22-19-33-28(35)15-16-30(37)34-23-26-11-4-3-9-24(26)13-14-25-10-5-6-12-27(25)34/h3-6,9-12H,1-2,7-8,15-23H2,(H,32,36)(H,33,35)(H3,31,38,39). The molecule has 0 bridgehead atoms. The van der Waals surface area contributed by atoms with Crippen LogP contribution in [0.15, 0.2) is 48.5 Å². The Hall–Kier alpha value is -2.78. The first-order valence-electron chi connectivity index (χ1n) is 14.3. The summed E-state index contributed by atoms with van der Waals surface area (Å²) in [5, 5.41) is 5.76. The van der Waals surface area contributed by atoms with Gasteiger partial charge in [-0.15, -0.1) is 0 Å². The average molecular weight is 647 g/mol. The molecule has 1 atom stereocenters. The van der Waals surface area contributed by atoms with E-state index in [1.807, 2.05) is 48.5 Å². The Kier molecular flexibility index (Phi) is 15.2. The molecule has 0 spiro atoms. The Morgan fingerprint density at radius 2 is 1.51 bits per heavy atom. The van der Waals surface area contributed by atoms with Crippen molar-refractivity contribution in [2.24, 2.45) is 5.50 Å². The van der Waals surface area contributed by atoms with Crippen LogP contribution in [0, 0.1) is 11.8 Å². The summed E-state index contributed by atoms with van der Waals surface area (Å²) >= 11 is 0. The van der Waals surface area contributed by atoms with Crippen LogP contribution in [0.25, 0.3) is 0 Å². The van der Waals surface area contributed by atoms with Gasteiger partial charge in [0.15, 0.2) is 0 Å². The molecule has 1 aliphatic rings. The molecule has 0 radical (unpaired) electrons. The lowest BCUT2D eigenvalue weighted by Gasteiger charge is -2.26. The lowest BCUT2D eigenvalue weighted by atomic mass is 10.0. The number of carbonyl (C=O) groups is 3. The van der Waals surface area contributed by atoms with E-state index in [0.29, 0.717) is 44.0 Å². The number of hydrogen-bond acceptors (Lipinski definition) is 7. The number of carbonyl (C=O) groups excluding carboxylic acids is 3. The average Bonchev–Trinajstić information content (AvgIpc) is 2.97. The Morgan fingerprint density at radius 3 is 2.33 bits per heavy atom. The summed E-state index contributed by atoms with van der Waals surface area (Å²) < 4.78 is 15.4. The molecule has 10 nitrogen and oxygen atoms in total. The molecular formula is C30H39N4O6PS2. The molecule has 43 heavy (non-hydrogen) atoms. The third-order valence-corrected chi connectivity index (χ3v) is 9.37. The summed E-state index contributed by atoms with van der Waals surface area (Å²) in [7, 11) is -0.716. The third kappa shape index (κ3) is 13.6. The van der Waals surface area contributed by atoms with Crippen molar-refractivity contribution in [2.75, 3.05) is 36.1 Å². The zero-order chi connectivity index (χ0) is 30.9. The fourth-order valence-electron chi connectivity index (χ4n) is 4.23. The van der Waals surface area contributed by atoms with Gasteiger partial charge in [-0.3, -0.25) is 18.9 Å². The van der Waals surface area contributed by atoms with Gasteiger partial charge in [0.05, 0.1) is 18.8 Å². The predicted molar refractivity (Wildman–Crippen MR) is 173 cm³/mol. The molecule has 0 saturated carbocycles. The van der Waals surface area contributed by atoms with E-state index in [9.17, 15) is 18.9 Å². The highest BCUT2D eigenvalue weighted by Gasteiger charge is 2.21. The molecule has 0 saturated heterocycles. The van der Waals surface area contributed by atoms with Gasteiger partial charge in [0.2, 0.25) is 17.7 Å². The molecule has 1 aliphatic heterocycles. The van der Waals surface area contributed by atoms with Crippen LogP contribution in [0.4, 0.5) is 5.69 Å². The molecule has 0 fully saturated rings. The number of fused-ring (bicyclic) bond motifs is 2. The van der Waals surface area contributed by atoms with Crippen LogP contribution < -0.4 is 21.0 Å². The van der Waals surface area contributed by atoms with Gasteiger partial charge in [0.1, 0.15) is 0 Å². The molecule has 13 heteroatoms. The quantitative estimate of drug-likeness (QED) is 0.0802. The van der Waals surface area contributed by atoms with Gasteiger partial charge < -0.3 is 20.4 Å². The topological polar surface area (TPSA) is 151 Å². The highest BCUT2D eigenvalue weighted by Crippen LogP contribution is 2.31. The molecule has 232 valence electrons. The maximum Gasteiger partial charge on any atom is 0.400 e. The van der Waals surface area contributed by atoms with Crippen molar-refractivity contribution in [2.45, 2.75) is 51.5 Å². The second-order valence-electron chi connectivity index (χ2n) is 9.81. The fourth-order valence-corrected chi connectivity index (χ4v) is 6.52. The van der Waals surface area contributed by atoms with Gasteiger partial charge in [-0.05, 0) is 36.6 Å². The van der Waals surface area contributed by atoms with E-state index < -0.39 is 7.75 Å². The molecule has 2 aromatic carbocycles. The van der Waals surface area contributed by atoms with E-state index in [-0.39, 0.29) is 37.2 Å². The third-order valence-electron chi connectivity index (χ3n) is 6.41. The monoisotopic (exact) mass is 646 g/mol. The molecule has 3 rings (SSSR count). The number of unbranched alkanes of at least 4 members (excludes halogenated alkanes) is 3. The van der Waals surface area contributed by atoms with Crippen molar-refractivity contribution in [1.82, 2.24) is 10.6 Å². The van der Waals surface area contributed by atoms with Gasteiger partial charge in [-0.1, -0.05) is 76.6 Å². The van der Waals surface area contributed by atoms with Crippen LogP contribution in [0.1, 0.15) is 61.6 Å². The molecule has 1 unspecified atom stereocenters. The maximum absolute atomic E-state index is 13.2. The minimum atomic E-state index is -3.89. The van der Waals surface area contributed by atoms with E-state index in [0.717, 1.165) is 41.6 Å². The maximum atomic E-state index is 13.2. The molecule has 2 aromatic rings. The molecule has 0 aliphatic carbocycles. The minimum absolute atomic E-state index is 0.00283. The molecule has 1 heterocycles. The van der Waals surface area contributed by atoms with Crippen LogP contribution in [-0.4, -0.2) is 53.8 Å². The van der Waals surface area contributed by atoms with Gasteiger partial charge >= 0.3 is 7.75 Å². The number of anilines is 1. The highest BCUT2D eigenvalue weighted by molar-refractivity contribution is 8.76. The predicted octanol–water partition coefficient (Wildman–Crippen LogP) is 4.35. The van der Waals surface area contributed by atoms with E-state index in [1.54, 1.807) is 26.5 Å². The van der Waals surface area contributed by atoms with Crippen molar-refractivity contribution in [3.63, 3.8) is 0 Å². The van der Waals surface area contributed by atoms with Crippen LogP contribution in [0.2, 0.25) is 0 Å². The number of hydrogen-bond donors (Lipinski definition) is 4. The van der Waals surface area contributed by atoms with Crippen LogP contribution in [0.3, 0.4) is 0 Å². The first-order chi connectivity index (χ1) is 20.7. The second-order valence-corrected chi connectivity index (χ2v) is 13.9. The molecular weight excluding hydrogens is 607 g/mol. The van der Waals surface area contributed by atoms with Crippen molar-refractivity contribution in [3.05, 3.63) is 65.2 Å². The van der Waals surface area contributed by atoms with Crippen LogP contribution in [0.5, 0.6) is 0 Å². The number of nitrogens with one attached hydrogen (secondary N) is 2. The smallest absolute Gasteiger partial charge is 0.356 e. The number of para-hydroxylation sites is 1. The summed E-state index contributed by atoms with van der Waals surface area (Å²) in [5.41, 5.74) is 8.30. The van der Waals surface area contributed by atoms with Crippen molar-refractivity contribution < 1.29 is 28.4 Å². The van der Waals surface area contributed by atoms with Gasteiger partial charge in [-0.25, -0.2) is 10.1 Å². The first-order valence-corrected chi connectivity index (χ1v) is 18.4. The zero-order valence-electron chi connectivity index (χ0n) is 24.1. The Bertz CT molecular complexity index is 1340. The SMILES string of the molecule is NP(=O)(O)OCCCCCCNC(=O)CCSSCCNC(=O)CCC(=O)N1Cc2ccccc2C#Cc2ccccc21. The van der Waals surface area contributed by atoms with Crippen molar-refractivity contribution >= 4 is 52.7 Å².